The topological polar surface area (TPSA) is 43.0 Å². The summed E-state index contributed by atoms with van der Waals surface area (Å²) in [4.78, 5) is 0. The van der Waals surface area contributed by atoms with Gasteiger partial charge < -0.3 is 9.73 Å². The number of hydrogen-bond acceptors (Lipinski definition) is 3. The molecule has 0 saturated carbocycles. The van der Waals surface area contributed by atoms with Gasteiger partial charge in [-0.1, -0.05) is 25.1 Å². The lowest BCUT2D eigenvalue weighted by atomic mass is 10.00. The molecule has 20 heavy (non-hydrogen) atoms. The summed E-state index contributed by atoms with van der Waals surface area (Å²) in [6.45, 7) is 3.04. The number of fused-ring (bicyclic) bond motifs is 1. The van der Waals surface area contributed by atoms with E-state index < -0.39 is 0 Å². The van der Waals surface area contributed by atoms with Crippen LogP contribution >= 0.6 is 0 Å². The molecule has 1 N–H and O–H groups in total. The van der Waals surface area contributed by atoms with Gasteiger partial charge in [0.05, 0.1) is 12.5 Å². The first-order valence-electron chi connectivity index (χ1n) is 6.95. The van der Waals surface area contributed by atoms with Crippen LogP contribution in [0.15, 0.2) is 47.3 Å². The minimum atomic E-state index is 0.243. The molecule has 0 aliphatic rings. The Balaban J connectivity index is 1.93. The van der Waals surface area contributed by atoms with E-state index in [1.54, 1.807) is 0 Å². The zero-order chi connectivity index (χ0) is 13.9. The van der Waals surface area contributed by atoms with Crippen molar-refractivity contribution in [2.75, 3.05) is 6.54 Å². The van der Waals surface area contributed by atoms with E-state index in [-0.39, 0.29) is 6.04 Å². The maximum absolute atomic E-state index is 5.66. The van der Waals surface area contributed by atoms with Crippen LogP contribution in [0.5, 0.6) is 0 Å². The summed E-state index contributed by atoms with van der Waals surface area (Å²) >= 11 is 0. The van der Waals surface area contributed by atoms with Crippen molar-refractivity contribution in [3.8, 4) is 0 Å². The second kappa shape index (κ2) is 5.51. The normalized spacial score (nSPS) is 12.9. The third-order valence-corrected chi connectivity index (χ3v) is 3.54. The number of nitrogens with zero attached hydrogens (tertiary/aromatic N) is 2. The minimum absolute atomic E-state index is 0.243. The molecule has 104 valence electrons. The average molecular weight is 269 g/mol. The summed E-state index contributed by atoms with van der Waals surface area (Å²) in [6, 6.07) is 8.41. The molecule has 0 amide bonds. The Kier molecular flexibility index (Phi) is 3.56. The fourth-order valence-electron chi connectivity index (χ4n) is 2.62. The number of nitrogens with one attached hydrogen (secondary N) is 1. The zero-order valence-corrected chi connectivity index (χ0v) is 11.8. The van der Waals surface area contributed by atoms with Crippen LogP contribution in [0, 0.1) is 0 Å². The second-order valence-corrected chi connectivity index (χ2v) is 5.02. The third kappa shape index (κ3) is 2.47. The van der Waals surface area contributed by atoms with E-state index in [1.165, 1.54) is 16.5 Å². The molecule has 0 aliphatic carbocycles. The number of likely N-dealkylation sites (N-methyl/N-ethyl adjacent to an activating group) is 1. The molecule has 4 heteroatoms. The highest BCUT2D eigenvalue weighted by Crippen LogP contribution is 2.28. The smallest absolute Gasteiger partial charge is 0.134 e. The number of rotatable bonds is 5. The molecule has 2 heterocycles. The number of para-hydroxylation sites is 1. The SMILES string of the molecule is CCNC(Cc1cnn(C)c1)c1coc2ccccc12. The van der Waals surface area contributed by atoms with E-state index in [2.05, 4.69) is 35.7 Å². The Labute approximate surface area is 118 Å². The molecular formula is C16H19N3O. The first-order chi connectivity index (χ1) is 9.78. The van der Waals surface area contributed by atoms with Crippen LogP contribution in [0.3, 0.4) is 0 Å². The molecule has 0 fully saturated rings. The molecule has 1 atom stereocenters. The van der Waals surface area contributed by atoms with Crippen molar-refractivity contribution < 1.29 is 4.42 Å². The van der Waals surface area contributed by atoms with E-state index in [4.69, 9.17) is 4.42 Å². The van der Waals surface area contributed by atoms with Gasteiger partial charge >= 0.3 is 0 Å². The number of aromatic nitrogens is 2. The van der Waals surface area contributed by atoms with Gasteiger partial charge in [0.15, 0.2) is 0 Å². The Hall–Kier alpha value is -2.07. The van der Waals surface area contributed by atoms with Gasteiger partial charge in [0.1, 0.15) is 5.58 Å². The largest absolute Gasteiger partial charge is 0.464 e. The molecule has 0 saturated heterocycles. The lowest BCUT2D eigenvalue weighted by Gasteiger charge is -2.16. The maximum atomic E-state index is 5.66. The van der Waals surface area contributed by atoms with Gasteiger partial charge in [-0.3, -0.25) is 4.68 Å². The first-order valence-corrected chi connectivity index (χ1v) is 6.95. The van der Waals surface area contributed by atoms with Crippen molar-refractivity contribution in [3.05, 3.63) is 54.0 Å². The van der Waals surface area contributed by atoms with Crippen LogP contribution in [0.4, 0.5) is 0 Å². The minimum Gasteiger partial charge on any atom is -0.464 e. The van der Waals surface area contributed by atoms with Crippen LogP contribution in [0.1, 0.15) is 24.1 Å². The molecule has 1 unspecified atom stereocenters. The number of furan rings is 1. The summed E-state index contributed by atoms with van der Waals surface area (Å²) in [7, 11) is 1.94. The molecule has 0 radical (unpaired) electrons. The van der Waals surface area contributed by atoms with Gasteiger partial charge in [0.25, 0.3) is 0 Å². The zero-order valence-electron chi connectivity index (χ0n) is 11.8. The molecule has 3 rings (SSSR count). The van der Waals surface area contributed by atoms with Crippen molar-refractivity contribution in [1.29, 1.82) is 0 Å². The van der Waals surface area contributed by atoms with Crippen LogP contribution < -0.4 is 5.32 Å². The van der Waals surface area contributed by atoms with E-state index in [9.17, 15) is 0 Å². The average Bonchev–Trinajstić information content (AvgIpc) is 3.04. The van der Waals surface area contributed by atoms with Gasteiger partial charge in [-0.05, 0) is 24.6 Å². The fraction of sp³-hybridized carbons (Fsp3) is 0.312. The van der Waals surface area contributed by atoms with Crippen molar-refractivity contribution in [3.63, 3.8) is 0 Å². The van der Waals surface area contributed by atoms with Gasteiger partial charge in [0, 0.05) is 30.2 Å². The Morgan fingerprint density at radius 2 is 2.20 bits per heavy atom. The quantitative estimate of drug-likeness (QED) is 0.774. The molecule has 1 aromatic carbocycles. The summed E-state index contributed by atoms with van der Waals surface area (Å²) in [6.07, 6.45) is 6.76. The third-order valence-electron chi connectivity index (χ3n) is 3.54. The molecule has 2 aromatic heterocycles. The Morgan fingerprint density at radius 1 is 1.35 bits per heavy atom. The van der Waals surface area contributed by atoms with E-state index in [0.29, 0.717) is 0 Å². The maximum Gasteiger partial charge on any atom is 0.134 e. The highest BCUT2D eigenvalue weighted by molar-refractivity contribution is 5.81. The number of benzene rings is 1. The van der Waals surface area contributed by atoms with Crippen molar-refractivity contribution >= 4 is 11.0 Å². The highest BCUT2D eigenvalue weighted by atomic mass is 16.3. The van der Waals surface area contributed by atoms with Gasteiger partial charge in [-0.2, -0.15) is 5.10 Å². The lowest BCUT2D eigenvalue weighted by molar-refractivity contribution is 0.535. The molecule has 0 spiro atoms. The van der Waals surface area contributed by atoms with Crippen molar-refractivity contribution in [2.45, 2.75) is 19.4 Å². The Morgan fingerprint density at radius 3 is 2.95 bits per heavy atom. The fourth-order valence-corrected chi connectivity index (χ4v) is 2.62. The standard InChI is InChI=1S/C16H19N3O/c1-3-17-15(8-12-9-18-19(2)10-12)14-11-20-16-7-5-4-6-13(14)16/h4-7,9-11,15,17H,3,8H2,1-2H3. The van der Waals surface area contributed by atoms with Crippen molar-refractivity contribution in [1.82, 2.24) is 15.1 Å². The molecule has 0 bridgehead atoms. The predicted octanol–water partition coefficient (Wildman–Crippen LogP) is 3.06. The van der Waals surface area contributed by atoms with Gasteiger partial charge in [-0.15, -0.1) is 0 Å². The molecule has 0 aliphatic heterocycles. The van der Waals surface area contributed by atoms with Crippen LogP contribution in [-0.2, 0) is 13.5 Å². The lowest BCUT2D eigenvalue weighted by Crippen LogP contribution is -2.22. The van der Waals surface area contributed by atoms with E-state index >= 15 is 0 Å². The second-order valence-electron chi connectivity index (χ2n) is 5.02. The summed E-state index contributed by atoms with van der Waals surface area (Å²) in [5, 5.41) is 8.96. The molecule has 3 aromatic rings. The molecule has 4 nitrogen and oxygen atoms in total. The van der Waals surface area contributed by atoms with Gasteiger partial charge in [0.2, 0.25) is 0 Å². The molecular weight excluding hydrogens is 250 g/mol. The summed E-state index contributed by atoms with van der Waals surface area (Å²) in [5.74, 6) is 0. The van der Waals surface area contributed by atoms with E-state index in [0.717, 1.165) is 18.5 Å². The number of hydrogen-bond donors (Lipinski definition) is 1. The Bertz CT molecular complexity index is 698. The number of aryl methyl sites for hydroxylation is 1. The van der Waals surface area contributed by atoms with Crippen LogP contribution in [0.2, 0.25) is 0 Å². The summed E-state index contributed by atoms with van der Waals surface area (Å²) in [5.41, 5.74) is 3.38. The van der Waals surface area contributed by atoms with E-state index in [1.807, 2.05) is 36.3 Å². The predicted molar refractivity (Wildman–Crippen MR) is 79.5 cm³/mol. The monoisotopic (exact) mass is 269 g/mol. The first kappa shape index (κ1) is 12.9. The summed E-state index contributed by atoms with van der Waals surface area (Å²) < 4.78 is 7.50. The highest BCUT2D eigenvalue weighted by Gasteiger charge is 2.17. The van der Waals surface area contributed by atoms with Crippen molar-refractivity contribution in [2.24, 2.45) is 7.05 Å². The van der Waals surface area contributed by atoms with Gasteiger partial charge in [-0.25, -0.2) is 0 Å². The van der Waals surface area contributed by atoms with Crippen LogP contribution in [-0.4, -0.2) is 16.3 Å². The van der Waals surface area contributed by atoms with Crippen LogP contribution in [0.25, 0.3) is 11.0 Å².